The lowest BCUT2D eigenvalue weighted by molar-refractivity contribution is -0.870. The predicted molar refractivity (Wildman–Crippen MR) is 387 cm³/mol. The van der Waals surface area contributed by atoms with Crippen molar-refractivity contribution in [2.75, 3.05) is 40.9 Å². The van der Waals surface area contributed by atoms with E-state index in [9.17, 15) is 19.4 Å². The standard InChI is InChI=1S/C79H153N2O6P/c1-6-8-10-12-14-16-18-20-22-24-26-28-30-32-33-34-35-36-37-38-39-40-41-42-43-44-45-46-47-49-51-53-55-57-59-61-63-65-67-69-71-73-79(83)80-77(76-87-88(84,85)86-75-74-81(3,4)5)78(82)72-70-68-66-64-62-60-58-56-54-52-50-48-31-29-27-25-23-21-19-17-15-13-11-9-7-2/h18,20,24,26,30,32,70,72,77-78,82H,6-17,19,21-23,25,27-29,31,33-69,71,73-76H2,1-5H3,(H-,80,83,84,85)/p+1/b20-18-,26-24-,32-30-,72-70+. The zero-order valence-electron chi connectivity index (χ0n) is 59.7. The molecule has 3 N–H and O–H groups in total. The minimum Gasteiger partial charge on any atom is -0.387 e. The predicted octanol–water partition coefficient (Wildman–Crippen LogP) is 25.3. The van der Waals surface area contributed by atoms with Gasteiger partial charge in [0.2, 0.25) is 5.91 Å². The summed E-state index contributed by atoms with van der Waals surface area (Å²) in [6.07, 6.45) is 95.8. The molecule has 9 heteroatoms. The second kappa shape index (κ2) is 69.8. The van der Waals surface area contributed by atoms with Crippen LogP contribution in [0.25, 0.3) is 0 Å². The van der Waals surface area contributed by atoms with Gasteiger partial charge < -0.3 is 19.8 Å². The Kier molecular flexibility index (Phi) is 68.6. The fourth-order valence-corrected chi connectivity index (χ4v) is 12.7. The van der Waals surface area contributed by atoms with Gasteiger partial charge in [0, 0.05) is 6.42 Å². The summed E-state index contributed by atoms with van der Waals surface area (Å²) in [5, 5.41) is 14.0. The number of carbonyl (C=O) groups is 1. The number of hydrogen-bond acceptors (Lipinski definition) is 5. The van der Waals surface area contributed by atoms with E-state index in [0.717, 1.165) is 44.9 Å². The van der Waals surface area contributed by atoms with E-state index in [0.29, 0.717) is 17.4 Å². The highest BCUT2D eigenvalue weighted by molar-refractivity contribution is 7.47. The number of carbonyl (C=O) groups excluding carboxylic acids is 1. The molecule has 0 aromatic carbocycles. The summed E-state index contributed by atoms with van der Waals surface area (Å²) >= 11 is 0. The second-order valence-corrected chi connectivity index (χ2v) is 29.5. The first-order chi connectivity index (χ1) is 43.0. The maximum atomic E-state index is 13.1. The van der Waals surface area contributed by atoms with Gasteiger partial charge in [-0.15, -0.1) is 0 Å². The van der Waals surface area contributed by atoms with Gasteiger partial charge in [-0.2, -0.15) is 0 Å². The molecule has 0 rings (SSSR count). The number of allylic oxidation sites excluding steroid dienone is 7. The van der Waals surface area contributed by atoms with Crippen molar-refractivity contribution in [3.63, 3.8) is 0 Å². The summed E-state index contributed by atoms with van der Waals surface area (Å²) < 4.78 is 23.9. The Balaban J connectivity index is 3.92. The Bertz CT molecular complexity index is 1580. The van der Waals surface area contributed by atoms with Crippen LogP contribution in [0.5, 0.6) is 0 Å². The minimum absolute atomic E-state index is 0.0638. The number of nitrogens with one attached hydrogen (secondary N) is 1. The van der Waals surface area contributed by atoms with Gasteiger partial charge in [0.15, 0.2) is 0 Å². The molecule has 0 saturated carbocycles. The molecular weight excluding hydrogens is 1100 g/mol. The van der Waals surface area contributed by atoms with Crippen molar-refractivity contribution in [2.24, 2.45) is 0 Å². The average Bonchev–Trinajstić information content (AvgIpc) is 3.71. The summed E-state index contributed by atoms with van der Waals surface area (Å²) in [7, 11) is 1.59. The molecule has 88 heavy (non-hydrogen) atoms. The molecule has 0 aromatic rings. The number of phosphoric ester groups is 1. The number of rotatable bonds is 73. The maximum absolute atomic E-state index is 13.1. The molecule has 0 bridgehead atoms. The number of aliphatic hydroxyl groups is 1. The maximum Gasteiger partial charge on any atom is 0.472 e. The average molecular weight is 1260 g/mol. The van der Waals surface area contributed by atoms with Gasteiger partial charge in [-0.3, -0.25) is 13.8 Å². The van der Waals surface area contributed by atoms with Crippen molar-refractivity contribution in [3.05, 3.63) is 48.6 Å². The first-order valence-electron chi connectivity index (χ1n) is 39.0. The van der Waals surface area contributed by atoms with Gasteiger partial charge >= 0.3 is 7.82 Å². The number of unbranched alkanes of at least 4 members (excludes halogenated alkanes) is 54. The van der Waals surface area contributed by atoms with E-state index in [1.807, 2.05) is 27.2 Å². The van der Waals surface area contributed by atoms with Crippen LogP contribution in [0.4, 0.5) is 0 Å². The van der Waals surface area contributed by atoms with Crippen LogP contribution in [0, 0.1) is 0 Å². The number of quaternary nitrogens is 1. The highest BCUT2D eigenvalue weighted by atomic mass is 31.2. The number of likely N-dealkylation sites (N-methyl/N-ethyl adjacent to an activating group) is 1. The normalized spacial score (nSPS) is 13.8. The van der Waals surface area contributed by atoms with Crippen LogP contribution in [0.1, 0.15) is 399 Å². The Labute approximate surface area is 549 Å². The van der Waals surface area contributed by atoms with Crippen molar-refractivity contribution >= 4 is 13.7 Å². The third-order valence-electron chi connectivity index (χ3n) is 18.0. The SMILES string of the molecule is CCCCCCC/C=C\C/C=C\C/C=C\CCCCCCCCCCCCCCCCCCCCCCCCCCCCC(=O)NC(COP(=O)(O)OCC[N+](C)(C)C)C(O)/C=C/CCCCCCCCCCCCCCCCCCCCCCCCC. The molecule has 1 amide bonds. The smallest absolute Gasteiger partial charge is 0.387 e. The lowest BCUT2D eigenvalue weighted by Gasteiger charge is -2.25. The van der Waals surface area contributed by atoms with Crippen LogP contribution in [0.15, 0.2) is 48.6 Å². The molecule has 0 fully saturated rings. The van der Waals surface area contributed by atoms with Crippen molar-refractivity contribution in [1.82, 2.24) is 5.32 Å². The number of hydrogen-bond donors (Lipinski definition) is 3. The van der Waals surface area contributed by atoms with Crippen LogP contribution >= 0.6 is 7.82 Å². The quantitative estimate of drug-likeness (QED) is 0.0243. The second-order valence-electron chi connectivity index (χ2n) is 28.1. The number of amides is 1. The molecule has 8 nitrogen and oxygen atoms in total. The van der Waals surface area contributed by atoms with Crippen LogP contribution in [0.3, 0.4) is 0 Å². The summed E-state index contributed by atoms with van der Waals surface area (Å²) in [5.41, 5.74) is 0. The fourth-order valence-electron chi connectivity index (χ4n) is 12.0. The zero-order chi connectivity index (χ0) is 64.1. The molecule has 0 saturated heterocycles. The highest BCUT2D eigenvalue weighted by Crippen LogP contribution is 2.43. The van der Waals surface area contributed by atoms with E-state index >= 15 is 0 Å². The highest BCUT2D eigenvalue weighted by Gasteiger charge is 2.28. The summed E-state index contributed by atoms with van der Waals surface area (Å²) in [5.74, 6) is -0.168. The van der Waals surface area contributed by atoms with Crippen molar-refractivity contribution in [1.29, 1.82) is 0 Å². The molecule has 0 aliphatic rings. The zero-order valence-corrected chi connectivity index (χ0v) is 60.6. The van der Waals surface area contributed by atoms with Gasteiger partial charge in [-0.25, -0.2) is 4.57 Å². The molecule has 0 aliphatic heterocycles. The molecule has 0 radical (unpaired) electrons. The van der Waals surface area contributed by atoms with E-state index in [1.54, 1.807) is 6.08 Å². The largest absolute Gasteiger partial charge is 0.472 e. The molecule has 3 unspecified atom stereocenters. The number of aliphatic hydroxyl groups excluding tert-OH is 1. The summed E-state index contributed by atoms with van der Waals surface area (Å²) in [6.45, 7) is 4.86. The monoisotopic (exact) mass is 1260 g/mol. The van der Waals surface area contributed by atoms with Gasteiger partial charge in [0.05, 0.1) is 39.9 Å². The lowest BCUT2D eigenvalue weighted by Crippen LogP contribution is -2.45. The van der Waals surface area contributed by atoms with E-state index < -0.39 is 20.0 Å². The van der Waals surface area contributed by atoms with Gasteiger partial charge in [-0.05, 0) is 57.8 Å². The first-order valence-corrected chi connectivity index (χ1v) is 40.5. The van der Waals surface area contributed by atoms with E-state index in [2.05, 4.69) is 55.6 Å². The van der Waals surface area contributed by atoms with Crippen LogP contribution in [0.2, 0.25) is 0 Å². The van der Waals surface area contributed by atoms with Gasteiger partial charge in [-0.1, -0.05) is 383 Å². The Hall–Kier alpha value is -1.54. The third-order valence-corrected chi connectivity index (χ3v) is 19.0. The van der Waals surface area contributed by atoms with E-state index in [4.69, 9.17) is 9.05 Å². The lowest BCUT2D eigenvalue weighted by atomic mass is 10.0. The fraction of sp³-hybridized carbons (Fsp3) is 0.886. The third kappa shape index (κ3) is 71.9. The van der Waals surface area contributed by atoms with Crippen LogP contribution < -0.4 is 5.32 Å². The molecule has 520 valence electrons. The van der Waals surface area contributed by atoms with Crippen LogP contribution in [-0.4, -0.2) is 73.4 Å². The van der Waals surface area contributed by atoms with Gasteiger partial charge in [0.1, 0.15) is 13.2 Å². The molecule has 3 atom stereocenters. The van der Waals surface area contributed by atoms with Gasteiger partial charge in [0.25, 0.3) is 0 Å². The summed E-state index contributed by atoms with van der Waals surface area (Å²) in [4.78, 5) is 23.5. The van der Waals surface area contributed by atoms with Crippen molar-refractivity contribution in [2.45, 2.75) is 411 Å². The van der Waals surface area contributed by atoms with E-state index in [1.165, 1.54) is 334 Å². The molecule has 0 heterocycles. The Morgan fingerprint density at radius 1 is 0.386 bits per heavy atom. The first kappa shape index (κ1) is 86.5. The molecule has 0 spiro atoms. The number of nitrogens with zero attached hydrogens (tertiary/aromatic N) is 1. The topological polar surface area (TPSA) is 105 Å². The van der Waals surface area contributed by atoms with Crippen molar-refractivity contribution in [3.8, 4) is 0 Å². The molecule has 0 aliphatic carbocycles. The molecular formula is C79H154N2O6P+. The number of phosphoric acid groups is 1. The Morgan fingerprint density at radius 3 is 0.943 bits per heavy atom. The minimum atomic E-state index is -4.35. The van der Waals surface area contributed by atoms with E-state index in [-0.39, 0.29) is 19.1 Å². The van der Waals surface area contributed by atoms with Crippen molar-refractivity contribution < 1.29 is 32.9 Å². The summed E-state index contributed by atoms with van der Waals surface area (Å²) in [6, 6.07) is -0.847. The molecule has 0 aromatic heterocycles. The van der Waals surface area contributed by atoms with Crippen LogP contribution in [-0.2, 0) is 18.4 Å². The Morgan fingerprint density at radius 2 is 0.648 bits per heavy atom.